The zero-order valence-electron chi connectivity index (χ0n) is 10.0. The van der Waals surface area contributed by atoms with E-state index < -0.39 is 17.7 Å². The van der Waals surface area contributed by atoms with Crippen LogP contribution in [0.2, 0.25) is 0 Å². The third-order valence-corrected chi connectivity index (χ3v) is 2.49. The van der Waals surface area contributed by atoms with Crippen molar-refractivity contribution in [2.45, 2.75) is 18.9 Å². The quantitative estimate of drug-likeness (QED) is 0.855. The molecule has 3 N–H and O–H groups in total. The van der Waals surface area contributed by atoms with E-state index in [2.05, 4.69) is 10.1 Å². The zero-order valence-corrected chi connectivity index (χ0v) is 10.0. The highest BCUT2D eigenvalue weighted by Crippen LogP contribution is 2.16. The van der Waals surface area contributed by atoms with Gasteiger partial charge in [0, 0.05) is 12.5 Å². The van der Waals surface area contributed by atoms with Gasteiger partial charge in [-0.15, -0.1) is 0 Å². The molecule has 1 unspecified atom stereocenters. The van der Waals surface area contributed by atoms with Crippen molar-refractivity contribution >= 4 is 0 Å². The number of hydrogen-bond donors (Lipinski definition) is 2. The number of halogens is 2. The Morgan fingerprint density at radius 3 is 2.58 bits per heavy atom. The van der Waals surface area contributed by atoms with Gasteiger partial charge in [-0.05, 0) is 30.7 Å². The van der Waals surface area contributed by atoms with Gasteiger partial charge in [0.1, 0.15) is 17.7 Å². The molecule has 0 saturated heterocycles. The average Bonchev–Trinajstić information content (AvgIpc) is 2.76. The molecule has 19 heavy (non-hydrogen) atoms. The summed E-state index contributed by atoms with van der Waals surface area (Å²) in [5.41, 5.74) is 5.68. The minimum Gasteiger partial charge on any atom is -0.383 e. The Morgan fingerprint density at radius 2 is 1.95 bits per heavy atom. The van der Waals surface area contributed by atoms with Crippen LogP contribution >= 0.6 is 0 Å². The van der Waals surface area contributed by atoms with Gasteiger partial charge in [0.2, 0.25) is 0 Å². The van der Waals surface area contributed by atoms with Gasteiger partial charge in [-0.25, -0.2) is 8.78 Å². The zero-order chi connectivity index (χ0) is 13.8. The Labute approximate surface area is 108 Å². The second-order valence-electron chi connectivity index (χ2n) is 4.10. The summed E-state index contributed by atoms with van der Waals surface area (Å²) in [5, 5.41) is 13.2. The Bertz CT molecular complexity index is 539. The van der Waals surface area contributed by atoms with E-state index in [0.717, 1.165) is 6.07 Å². The molecule has 1 aromatic heterocycles. The van der Waals surface area contributed by atoms with Gasteiger partial charge >= 0.3 is 0 Å². The van der Waals surface area contributed by atoms with Crippen molar-refractivity contribution in [3.8, 4) is 0 Å². The highest BCUT2D eigenvalue weighted by Gasteiger charge is 2.15. The first-order valence-corrected chi connectivity index (χ1v) is 5.74. The molecule has 0 aliphatic rings. The van der Waals surface area contributed by atoms with Crippen LogP contribution in [0.15, 0.2) is 22.7 Å². The molecule has 7 heteroatoms. The molecule has 102 valence electrons. The molecule has 0 aliphatic carbocycles. The third kappa shape index (κ3) is 3.55. The Hall–Kier alpha value is -1.86. The van der Waals surface area contributed by atoms with Crippen molar-refractivity contribution in [2.75, 3.05) is 6.54 Å². The normalized spacial score (nSPS) is 12.6. The number of nitrogens with two attached hydrogens (primary N) is 1. The number of aromatic nitrogens is 2. The molecule has 0 spiro atoms. The first-order valence-electron chi connectivity index (χ1n) is 5.74. The van der Waals surface area contributed by atoms with Gasteiger partial charge in [-0.3, -0.25) is 0 Å². The molecule has 0 amide bonds. The highest BCUT2D eigenvalue weighted by atomic mass is 19.1. The summed E-state index contributed by atoms with van der Waals surface area (Å²) in [4.78, 5) is 3.96. The monoisotopic (exact) mass is 269 g/mol. The van der Waals surface area contributed by atoms with Crippen molar-refractivity contribution in [3.63, 3.8) is 0 Å². The number of aliphatic hydroxyl groups is 1. The van der Waals surface area contributed by atoms with E-state index in [-0.39, 0.29) is 24.7 Å². The number of nitrogens with zero attached hydrogens (tertiary/aromatic N) is 2. The molecule has 1 aromatic carbocycles. The van der Waals surface area contributed by atoms with Gasteiger partial charge in [-0.2, -0.15) is 4.98 Å². The van der Waals surface area contributed by atoms with E-state index in [9.17, 15) is 13.9 Å². The van der Waals surface area contributed by atoms with E-state index in [0.29, 0.717) is 12.0 Å². The fraction of sp³-hybridized carbons (Fsp3) is 0.333. The van der Waals surface area contributed by atoms with E-state index in [1.54, 1.807) is 0 Å². The van der Waals surface area contributed by atoms with Crippen LogP contribution in [0, 0.1) is 11.6 Å². The molecule has 1 atom stereocenters. The number of hydrogen-bond acceptors (Lipinski definition) is 5. The van der Waals surface area contributed by atoms with Gasteiger partial charge in [0.25, 0.3) is 5.89 Å². The standard InChI is InChI=1S/C12H13F2N3O2/c13-8-3-7(4-9(14)6-8)5-11-16-12(19-17-11)10(18)1-2-15/h3-4,6,10,18H,1-2,5,15H2. The topological polar surface area (TPSA) is 85.2 Å². The lowest BCUT2D eigenvalue weighted by atomic mass is 10.1. The highest BCUT2D eigenvalue weighted by molar-refractivity contribution is 5.21. The van der Waals surface area contributed by atoms with E-state index in [1.165, 1.54) is 12.1 Å². The van der Waals surface area contributed by atoms with E-state index in [4.69, 9.17) is 10.3 Å². The fourth-order valence-corrected chi connectivity index (χ4v) is 1.65. The summed E-state index contributed by atoms with van der Waals surface area (Å²) in [6.45, 7) is 0.286. The molecule has 0 bridgehead atoms. The number of rotatable bonds is 5. The molecule has 0 aliphatic heterocycles. The van der Waals surface area contributed by atoms with E-state index >= 15 is 0 Å². The molecular weight excluding hydrogens is 256 g/mol. The van der Waals surface area contributed by atoms with Gasteiger partial charge in [-0.1, -0.05) is 5.16 Å². The van der Waals surface area contributed by atoms with Crippen LogP contribution in [0.4, 0.5) is 8.78 Å². The van der Waals surface area contributed by atoms with E-state index in [1.807, 2.05) is 0 Å². The maximum atomic E-state index is 13.0. The molecule has 0 radical (unpaired) electrons. The summed E-state index contributed by atoms with van der Waals surface area (Å²) in [6, 6.07) is 3.17. The second-order valence-corrected chi connectivity index (χ2v) is 4.10. The Morgan fingerprint density at radius 1 is 1.26 bits per heavy atom. The van der Waals surface area contributed by atoms with Crippen molar-refractivity contribution in [3.05, 3.63) is 47.1 Å². The number of benzene rings is 1. The smallest absolute Gasteiger partial charge is 0.255 e. The molecular formula is C12H13F2N3O2. The number of aliphatic hydroxyl groups excluding tert-OH is 1. The largest absolute Gasteiger partial charge is 0.383 e. The Balaban J connectivity index is 2.11. The van der Waals surface area contributed by atoms with Gasteiger partial charge in [0.15, 0.2) is 5.82 Å². The maximum absolute atomic E-state index is 13.0. The first-order chi connectivity index (χ1) is 9.08. The van der Waals surface area contributed by atoms with Crippen LogP contribution in [-0.2, 0) is 6.42 Å². The summed E-state index contributed by atoms with van der Waals surface area (Å²) < 4.78 is 30.9. The minimum absolute atomic E-state index is 0.0531. The summed E-state index contributed by atoms with van der Waals surface area (Å²) in [7, 11) is 0. The molecule has 2 aromatic rings. The lowest BCUT2D eigenvalue weighted by Gasteiger charge is -2.01. The van der Waals surface area contributed by atoms with Crippen molar-refractivity contribution in [2.24, 2.45) is 5.73 Å². The van der Waals surface area contributed by atoms with Crippen molar-refractivity contribution in [1.82, 2.24) is 10.1 Å². The van der Waals surface area contributed by atoms with Crippen LogP contribution in [-0.4, -0.2) is 21.8 Å². The van der Waals surface area contributed by atoms with Crippen molar-refractivity contribution < 1.29 is 18.4 Å². The van der Waals surface area contributed by atoms with Crippen LogP contribution in [0.25, 0.3) is 0 Å². The SMILES string of the molecule is NCCC(O)c1nc(Cc2cc(F)cc(F)c2)no1. The van der Waals surface area contributed by atoms with Gasteiger partial charge in [0.05, 0.1) is 0 Å². The Kier molecular flexibility index (Phi) is 4.18. The summed E-state index contributed by atoms with van der Waals surface area (Å²) >= 11 is 0. The van der Waals surface area contributed by atoms with Gasteiger partial charge < -0.3 is 15.4 Å². The minimum atomic E-state index is -0.921. The lowest BCUT2D eigenvalue weighted by molar-refractivity contribution is 0.127. The molecule has 5 nitrogen and oxygen atoms in total. The second kappa shape index (κ2) is 5.85. The summed E-state index contributed by atoms with van der Waals surface area (Å²) in [5.74, 6) is -1.03. The maximum Gasteiger partial charge on any atom is 0.255 e. The van der Waals surface area contributed by atoms with Crippen LogP contribution in [0.1, 0.15) is 29.8 Å². The average molecular weight is 269 g/mol. The molecule has 2 rings (SSSR count). The van der Waals surface area contributed by atoms with Crippen molar-refractivity contribution in [1.29, 1.82) is 0 Å². The van der Waals surface area contributed by atoms with Crippen LogP contribution in [0.5, 0.6) is 0 Å². The first kappa shape index (κ1) is 13.6. The van der Waals surface area contributed by atoms with Crippen LogP contribution < -0.4 is 5.73 Å². The predicted octanol–water partition coefficient (Wildman–Crippen LogP) is 1.32. The predicted molar refractivity (Wildman–Crippen MR) is 62.1 cm³/mol. The molecule has 0 saturated carbocycles. The molecule has 1 heterocycles. The summed E-state index contributed by atoms with van der Waals surface area (Å²) in [6.07, 6.45) is -0.500. The third-order valence-electron chi connectivity index (χ3n) is 2.49. The fourth-order valence-electron chi connectivity index (χ4n) is 1.65. The lowest BCUT2D eigenvalue weighted by Crippen LogP contribution is -2.07. The van der Waals surface area contributed by atoms with Crippen LogP contribution in [0.3, 0.4) is 0 Å². The molecule has 0 fully saturated rings.